The molecule has 2 nitrogen and oxygen atoms in total. The van der Waals surface area contributed by atoms with Gasteiger partial charge in [0.25, 0.3) is 0 Å². The Bertz CT molecular complexity index is 287. The number of hydrogen-bond donors (Lipinski definition) is 1. The van der Waals surface area contributed by atoms with Crippen LogP contribution in [0, 0.1) is 6.92 Å². The molecule has 1 N–H and O–H groups in total. The van der Waals surface area contributed by atoms with Crippen LogP contribution in [-0.2, 0) is 0 Å². The third-order valence-corrected chi connectivity index (χ3v) is 1.95. The summed E-state index contributed by atoms with van der Waals surface area (Å²) in [7, 11) is 0. The predicted octanol–water partition coefficient (Wildman–Crippen LogP) is 3.23. The number of halogens is 4. The molecule has 68 valence electrons. The van der Waals surface area contributed by atoms with Gasteiger partial charge in [-0.25, -0.2) is 0 Å². The van der Waals surface area contributed by atoms with Gasteiger partial charge in [-0.1, -0.05) is 23.2 Å². The van der Waals surface area contributed by atoms with Crippen LogP contribution in [0.25, 0.3) is 0 Å². The van der Waals surface area contributed by atoms with Crippen molar-refractivity contribution in [1.82, 2.24) is 4.98 Å². The van der Waals surface area contributed by atoms with Crippen LogP contribution in [0.2, 0.25) is 10.2 Å². The Hall–Kier alpha value is -0.480. The van der Waals surface area contributed by atoms with Crippen molar-refractivity contribution in [3.05, 3.63) is 15.9 Å². The first-order valence-corrected chi connectivity index (χ1v) is 3.76. The Morgan fingerprint density at radius 2 is 2.00 bits per heavy atom. The van der Waals surface area contributed by atoms with Gasteiger partial charge >= 0.3 is 6.61 Å². The molecule has 1 rings (SSSR count). The lowest BCUT2D eigenvalue weighted by molar-refractivity contribution is -0.0496. The van der Waals surface area contributed by atoms with Gasteiger partial charge in [-0.05, 0) is 6.92 Å². The lowest BCUT2D eigenvalue weighted by atomic mass is 10.5. The SMILES string of the molecule is Cc1[nH]c(Cl)c(OC(F)F)c1Cl. The number of aromatic nitrogens is 1. The molecular formula is C6H5Cl2F2NO. The summed E-state index contributed by atoms with van der Waals surface area (Å²) < 4.78 is 27.5. The zero-order valence-electron chi connectivity index (χ0n) is 6.00. The summed E-state index contributed by atoms with van der Waals surface area (Å²) in [5.74, 6) is -0.203. The van der Waals surface area contributed by atoms with Crippen LogP contribution in [0.15, 0.2) is 0 Å². The van der Waals surface area contributed by atoms with Crippen LogP contribution >= 0.6 is 23.2 Å². The molecule has 1 aromatic rings. The number of alkyl halides is 2. The molecule has 0 fully saturated rings. The smallest absolute Gasteiger partial charge is 0.387 e. The fourth-order valence-electron chi connectivity index (χ4n) is 0.735. The maximum absolute atomic E-state index is 11.7. The van der Waals surface area contributed by atoms with Crippen molar-refractivity contribution in [3.63, 3.8) is 0 Å². The minimum absolute atomic E-state index is 0.0159. The minimum atomic E-state index is -2.92. The van der Waals surface area contributed by atoms with E-state index in [1.165, 1.54) is 0 Å². The highest BCUT2D eigenvalue weighted by Gasteiger charge is 2.16. The van der Waals surface area contributed by atoms with Crippen LogP contribution in [-0.4, -0.2) is 11.6 Å². The van der Waals surface area contributed by atoms with Gasteiger partial charge in [0.15, 0.2) is 10.9 Å². The fourth-order valence-corrected chi connectivity index (χ4v) is 1.25. The second-order valence-electron chi connectivity index (χ2n) is 2.09. The van der Waals surface area contributed by atoms with Gasteiger partial charge in [-0.15, -0.1) is 0 Å². The largest absolute Gasteiger partial charge is 0.430 e. The quantitative estimate of drug-likeness (QED) is 0.806. The second kappa shape index (κ2) is 3.49. The van der Waals surface area contributed by atoms with E-state index in [0.717, 1.165) is 0 Å². The Morgan fingerprint density at radius 3 is 2.33 bits per heavy atom. The van der Waals surface area contributed by atoms with Crippen LogP contribution < -0.4 is 4.74 Å². The third-order valence-electron chi connectivity index (χ3n) is 1.23. The summed E-state index contributed by atoms with van der Waals surface area (Å²) in [6.07, 6.45) is 0. The van der Waals surface area contributed by atoms with E-state index in [1.807, 2.05) is 0 Å². The molecule has 6 heteroatoms. The molecule has 0 spiro atoms. The minimum Gasteiger partial charge on any atom is -0.430 e. The van der Waals surface area contributed by atoms with E-state index < -0.39 is 6.61 Å². The molecule has 0 saturated carbocycles. The van der Waals surface area contributed by atoms with Gasteiger partial charge < -0.3 is 9.72 Å². The van der Waals surface area contributed by atoms with Crippen LogP contribution in [0.5, 0.6) is 5.75 Å². The van der Waals surface area contributed by atoms with Crippen molar-refractivity contribution in [1.29, 1.82) is 0 Å². The Labute approximate surface area is 77.4 Å². The molecule has 0 amide bonds. The average Bonchev–Trinajstić information content (AvgIpc) is 2.16. The van der Waals surface area contributed by atoms with E-state index in [4.69, 9.17) is 23.2 Å². The van der Waals surface area contributed by atoms with Crippen molar-refractivity contribution in [2.24, 2.45) is 0 Å². The van der Waals surface area contributed by atoms with Gasteiger partial charge in [-0.2, -0.15) is 8.78 Å². The van der Waals surface area contributed by atoms with E-state index in [0.29, 0.717) is 5.69 Å². The van der Waals surface area contributed by atoms with Gasteiger partial charge in [0.05, 0.1) is 0 Å². The molecule has 0 radical (unpaired) electrons. The molecule has 0 aliphatic rings. The van der Waals surface area contributed by atoms with Crippen LogP contribution in [0.4, 0.5) is 8.78 Å². The van der Waals surface area contributed by atoms with Crippen molar-refractivity contribution in [3.8, 4) is 5.75 Å². The summed E-state index contributed by atoms with van der Waals surface area (Å²) in [4.78, 5) is 2.56. The molecule has 0 aliphatic heterocycles. The molecular weight excluding hydrogens is 211 g/mol. The standard InChI is InChI=1S/C6H5Cl2F2NO/c1-2-3(7)4(5(8)11-2)12-6(9)10/h6,11H,1H3. The van der Waals surface area contributed by atoms with Gasteiger partial charge in [0.2, 0.25) is 0 Å². The van der Waals surface area contributed by atoms with Crippen LogP contribution in [0.3, 0.4) is 0 Å². The monoisotopic (exact) mass is 215 g/mol. The first-order valence-electron chi connectivity index (χ1n) is 3.00. The number of H-pyrrole nitrogens is 1. The molecule has 0 atom stereocenters. The molecule has 0 unspecified atom stereocenters. The maximum Gasteiger partial charge on any atom is 0.387 e. The number of nitrogens with one attached hydrogen (secondary N) is 1. The first kappa shape index (κ1) is 9.61. The Morgan fingerprint density at radius 1 is 1.42 bits per heavy atom. The molecule has 0 saturated heterocycles. The van der Waals surface area contributed by atoms with E-state index in [-0.39, 0.29) is 15.9 Å². The number of hydrogen-bond acceptors (Lipinski definition) is 1. The molecule has 1 heterocycles. The highest BCUT2D eigenvalue weighted by atomic mass is 35.5. The Balaban J connectivity index is 2.97. The second-order valence-corrected chi connectivity index (χ2v) is 2.84. The molecule has 1 aromatic heterocycles. The lowest BCUT2D eigenvalue weighted by Crippen LogP contribution is -2.01. The fraction of sp³-hybridized carbons (Fsp3) is 0.333. The third kappa shape index (κ3) is 1.81. The molecule has 0 aliphatic carbocycles. The van der Waals surface area contributed by atoms with Crippen molar-refractivity contribution in [2.75, 3.05) is 0 Å². The summed E-state index contributed by atoms with van der Waals surface area (Å²) in [6, 6.07) is 0. The molecule has 12 heavy (non-hydrogen) atoms. The number of ether oxygens (including phenoxy) is 1. The summed E-state index contributed by atoms with van der Waals surface area (Å²) in [5.41, 5.74) is 0.498. The van der Waals surface area contributed by atoms with Crippen molar-refractivity contribution >= 4 is 23.2 Å². The van der Waals surface area contributed by atoms with Crippen molar-refractivity contribution in [2.45, 2.75) is 13.5 Å². The van der Waals surface area contributed by atoms with E-state index in [1.54, 1.807) is 6.92 Å². The van der Waals surface area contributed by atoms with Gasteiger partial charge in [0, 0.05) is 5.69 Å². The van der Waals surface area contributed by atoms with Gasteiger partial charge in [-0.3, -0.25) is 0 Å². The summed E-state index contributed by atoms with van der Waals surface area (Å²) in [5, 5.41) is 0.0677. The number of rotatable bonds is 2. The predicted molar refractivity (Wildman–Crippen MR) is 42.2 cm³/mol. The average molecular weight is 216 g/mol. The highest BCUT2D eigenvalue weighted by molar-refractivity contribution is 6.37. The zero-order valence-corrected chi connectivity index (χ0v) is 7.51. The Kier molecular flexibility index (Phi) is 2.80. The number of aryl methyl sites for hydroxylation is 1. The highest BCUT2D eigenvalue weighted by Crippen LogP contribution is 2.36. The first-order chi connectivity index (χ1) is 5.52. The van der Waals surface area contributed by atoms with E-state index >= 15 is 0 Å². The van der Waals surface area contributed by atoms with Crippen LogP contribution in [0.1, 0.15) is 5.69 Å². The van der Waals surface area contributed by atoms with Crippen molar-refractivity contribution < 1.29 is 13.5 Å². The molecule has 0 aromatic carbocycles. The van der Waals surface area contributed by atoms with Gasteiger partial charge in [0.1, 0.15) is 5.02 Å². The van der Waals surface area contributed by atoms with E-state index in [2.05, 4.69) is 9.72 Å². The lowest BCUT2D eigenvalue weighted by Gasteiger charge is -2.01. The summed E-state index contributed by atoms with van der Waals surface area (Å²) >= 11 is 11.1. The van der Waals surface area contributed by atoms with E-state index in [9.17, 15) is 8.78 Å². The maximum atomic E-state index is 11.7. The summed E-state index contributed by atoms with van der Waals surface area (Å²) in [6.45, 7) is -1.32. The number of aromatic amines is 1. The molecule has 0 bridgehead atoms. The topological polar surface area (TPSA) is 25.0 Å². The zero-order chi connectivity index (χ0) is 9.30. The normalized spacial score (nSPS) is 10.8.